The number of hydrogen-bond acceptors (Lipinski definition) is 5. The van der Waals surface area contributed by atoms with E-state index in [4.69, 9.17) is 0 Å². The van der Waals surface area contributed by atoms with Crippen LogP contribution in [-0.4, -0.2) is 22.5 Å². The molecule has 0 saturated heterocycles. The molecular weight excluding hydrogens is 336 g/mol. The van der Waals surface area contributed by atoms with E-state index in [1.165, 1.54) is 24.3 Å². The number of hydrogen-bond donors (Lipinski definition) is 1. The highest BCUT2D eigenvalue weighted by Crippen LogP contribution is 2.37. The average Bonchev–Trinajstić information content (AvgIpc) is 3.06. The summed E-state index contributed by atoms with van der Waals surface area (Å²) >= 11 is 1.02. The molecule has 0 unspecified atom stereocenters. The molecule has 0 amide bonds. The van der Waals surface area contributed by atoms with Crippen molar-refractivity contribution in [2.24, 2.45) is 0 Å². The third-order valence-corrected chi connectivity index (χ3v) is 5.35. The Morgan fingerprint density at radius 3 is 2.44 bits per heavy atom. The van der Waals surface area contributed by atoms with Crippen molar-refractivity contribution in [3.8, 4) is 5.75 Å². The Kier molecular flexibility index (Phi) is 3.58. The predicted octanol–water partition coefficient (Wildman–Crippen LogP) is 3.65. The number of fused-ring (bicyclic) bond motifs is 2. The Labute approximate surface area is 147 Å². The van der Waals surface area contributed by atoms with Crippen LogP contribution in [0.4, 0.5) is 0 Å². The van der Waals surface area contributed by atoms with E-state index in [9.17, 15) is 19.5 Å². The van der Waals surface area contributed by atoms with E-state index in [2.05, 4.69) is 0 Å². The largest absolute Gasteiger partial charge is 0.507 e. The second-order valence-corrected chi connectivity index (χ2v) is 6.85. The number of rotatable bonds is 3. The van der Waals surface area contributed by atoms with Gasteiger partial charge in [0.15, 0.2) is 11.6 Å². The van der Waals surface area contributed by atoms with Crippen LogP contribution in [0.3, 0.4) is 0 Å². The van der Waals surface area contributed by atoms with Crippen molar-refractivity contribution in [2.75, 3.05) is 0 Å². The quantitative estimate of drug-likeness (QED) is 0.574. The number of carbonyl (C=O) groups is 3. The molecule has 2 aromatic carbocycles. The van der Waals surface area contributed by atoms with Crippen molar-refractivity contribution >= 4 is 28.7 Å². The Bertz CT molecular complexity index is 1030. The summed E-state index contributed by atoms with van der Waals surface area (Å²) in [4.78, 5) is 38.4. The fourth-order valence-corrected chi connectivity index (χ4v) is 4.00. The van der Waals surface area contributed by atoms with Crippen molar-refractivity contribution in [2.45, 2.75) is 6.42 Å². The monoisotopic (exact) mass is 348 g/mol. The third-order valence-electron chi connectivity index (χ3n) is 4.18. The number of thiophene rings is 1. The molecule has 3 aromatic rings. The van der Waals surface area contributed by atoms with E-state index >= 15 is 0 Å². The number of Topliss-reactive ketones (excluding diaryl/α,β-unsaturated/α-hetero) is 1. The third kappa shape index (κ3) is 2.49. The minimum atomic E-state index is -0.411. The van der Waals surface area contributed by atoms with E-state index in [1.807, 2.05) is 30.3 Å². The van der Waals surface area contributed by atoms with Crippen LogP contribution in [-0.2, 0) is 6.42 Å². The van der Waals surface area contributed by atoms with Crippen molar-refractivity contribution in [1.82, 2.24) is 0 Å². The average molecular weight is 348 g/mol. The van der Waals surface area contributed by atoms with Gasteiger partial charge in [-0.05, 0) is 17.7 Å². The summed E-state index contributed by atoms with van der Waals surface area (Å²) in [6.07, 6.45) is 0.209. The summed E-state index contributed by atoms with van der Waals surface area (Å²) in [7, 11) is 0. The maximum absolute atomic E-state index is 12.7. The summed E-state index contributed by atoms with van der Waals surface area (Å²) in [5.74, 6) is -1.10. The smallest absolute Gasteiger partial charge is 0.208 e. The Morgan fingerprint density at radius 2 is 1.68 bits per heavy atom. The minimum Gasteiger partial charge on any atom is -0.507 e. The molecule has 1 aliphatic carbocycles. The highest BCUT2D eigenvalue weighted by Gasteiger charge is 2.34. The number of benzene rings is 2. The molecule has 0 saturated carbocycles. The van der Waals surface area contributed by atoms with Crippen LogP contribution in [0.1, 0.15) is 46.4 Å². The van der Waals surface area contributed by atoms with E-state index < -0.39 is 5.78 Å². The summed E-state index contributed by atoms with van der Waals surface area (Å²) in [6, 6.07) is 15.2. The van der Waals surface area contributed by atoms with Gasteiger partial charge in [-0.1, -0.05) is 42.5 Å². The van der Waals surface area contributed by atoms with Gasteiger partial charge in [-0.3, -0.25) is 14.4 Å². The SMILES string of the molecule is O=C(Cc1ccccc1)c1cc2c(s1)C(=O)c1c(O)cccc1C2=O. The first-order valence-corrected chi connectivity index (χ1v) is 8.50. The molecule has 0 bridgehead atoms. The van der Waals surface area contributed by atoms with Crippen LogP contribution >= 0.6 is 11.3 Å². The summed E-state index contributed by atoms with van der Waals surface area (Å²) in [5.41, 5.74) is 1.31. The number of phenolic OH excluding ortho intramolecular Hbond substituents is 1. The standard InChI is InChI=1S/C20H12O4S/c21-14-8-4-7-12-17(14)19(24)20-13(18(12)23)10-16(25-20)15(22)9-11-5-2-1-3-6-11/h1-8,10,21H,9H2. The number of phenols is 1. The fraction of sp³-hybridized carbons (Fsp3) is 0.0500. The van der Waals surface area contributed by atoms with E-state index in [0.717, 1.165) is 16.9 Å². The molecule has 0 radical (unpaired) electrons. The lowest BCUT2D eigenvalue weighted by Gasteiger charge is -2.14. The normalized spacial score (nSPS) is 12.6. The number of carbonyl (C=O) groups excluding carboxylic acids is 3. The predicted molar refractivity (Wildman–Crippen MR) is 93.8 cm³/mol. The van der Waals surface area contributed by atoms with Crippen LogP contribution in [0, 0.1) is 0 Å². The van der Waals surface area contributed by atoms with Gasteiger partial charge in [0.1, 0.15) is 5.75 Å². The summed E-state index contributed by atoms with van der Waals surface area (Å²) < 4.78 is 0. The van der Waals surface area contributed by atoms with Crippen LogP contribution < -0.4 is 0 Å². The maximum atomic E-state index is 12.7. The molecule has 4 nitrogen and oxygen atoms in total. The van der Waals surface area contributed by atoms with Gasteiger partial charge in [-0.25, -0.2) is 0 Å². The van der Waals surface area contributed by atoms with Gasteiger partial charge >= 0.3 is 0 Å². The molecule has 5 heteroatoms. The molecule has 0 fully saturated rings. The zero-order valence-electron chi connectivity index (χ0n) is 13.0. The summed E-state index contributed by atoms with van der Waals surface area (Å²) in [5, 5.41) is 9.95. The molecule has 1 N–H and O–H groups in total. The Balaban J connectivity index is 1.73. The van der Waals surface area contributed by atoms with Gasteiger partial charge in [0.2, 0.25) is 5.78 Å². The maximum Gasteiger partial charge on any atom is 0.208 e. The molecule has 1 aromatic heterocycles. The zero-order valence-corrected chi connectivity index (χ0v) is 13.8. The molecule has 0 aliphatic heterocycles. The topological polar surface area (TPSA) is 71.4 Å². The lowest BCUT2D eigenvalue weighted by Crippen LogP contribution is -2.18. The molecule has 1 aliphatic rings. The molecule has 25 heavy (non-hydrogen) atoms. The summed E-state index contributed by atoms with van der Waals surface area (Å²) in [6.45, 7) is 0. The highest BCUT2D eigenvalue weighted by atomic mass is 32.1. The fourth-order valence-electron chi connectivity index (χ4n) is 2.96. The number of ketones is 3. The van der Waals surface area contributed by atoms with E-state index in [1.54, 1.807) is 0 Å². The molecule has 0 atom stereocenters. The van der Waals surface area contributed by atoms with Crippen LogP contribution in [0.2, 0.25) is 0 Å². The Morgan fingerprint density at radius 1 is 0.920 bits per heavy atom. The van der Waals surface area contributed by atoms with Gasteiger partial charge in [0, 0.05) is 17.5 Å². The van der Waals surface area contributed by atoms with Gasteiger partial charge in [0.25, 0.3) is 0 Å². The number of aromatic hydroxyl groups is 1. The first-order chi connectivity index (χ1) is 12.1. The molecular formula is C20H12O4S. The van der Waals surface area contributed by atoms with Crippen molar-refractivity contribution in [3.63, 3.8) is 0 Å². The van der Waals surface area contributed by atoms with Crippen molar-refractivity contribution < 1.29 is 19.5 Å². The van der Waals surface area contributed by atoms with Gasteiger partial charge in [-0.2, -0.15) is 0 Å². The van der Waals surface area contributed by atoms with E-state index in [0.29, 0.717) is 4.88 Å². The lowest BCUT2D eigenvalue weighted by atomic mass is 9.88. The highest BCUT2D eigenvalue weighted by molar-refractivity contribution is 7.16. The zero-order chi connectivity index (χ0) is 17.6. The van der Waals surface area contributed by atoms with Crippen molar-refractivity contribution in [1.29, 1.82) is 0 Å². The Hall–Kier alpha value is -3.05. The van der Waals surface area contributed by atoms with Crippen molar-refractivity contribution in [3.05, 3.63) is 86.6 Å². The first-order valence-electron chi connectivity index (χ1n) is 7.68. The molecule has 4 rings (SSSR count). The van der Waals surface area contributed by atoms with Crippen LogP contribution in [0.5, 0.6) is 5.75 Å². The first kappa shape index (κ1) is 15.5. The molecule has 1 heterocycles. The second-order valence-electron chi connectivity index (χ2n) is 5.80. The molecule has 122 valence electrons. The molecule has 0 spiro atoms. The van der Waals surface area contributed by atoms with Gasteiger partial charge < -0.3 is 5.11 Å². The van der Waals surface area contributed by atoms with Crippen LogP contribution in [0.15, 0.2) is 54.6 Å². The lowest BCUT2D eigenvalue weighted by molar-refractivity contribution is 0.0979. The van der Waals surface area contributed by atoms with Gasteiger partial charge in [-0.15, -0.1) is 11.3 Å². The van der Waals surface area contributed by atoms with Crippen LogP contribution in [0.25, 0.3) is 0 Å². The van der Waals surface area contributed by atoms with Gasteiger partial charge in [0.05, 0.1) is 15.3 Å². The second kappa shape index (κ2) is 5.79. The van der Waals surface area contributed by atoms with E-state index in [-0.39, 0.29) is 45.3 Å². The minimum absolute atomic E-state index is 0.0175.